The SMILES string of the molecule is O=C(OCCOc1cccc(Br)c1)c1nn(-c2ccccc2)c(=O)c2ccccc12. The van der Waals surface area contributed by atoms with E-state index in [1.54, 1.807) is 48.5 Å². The van der Waals surface area contributed by atoms with Gasteiger partial charge in [0.05, 0.1) is 11.1 Å². The van der Waals surface area contributed by atoms with E-state index in [0.29, 0.717) is 22.2 Å². The zero-order chi connectivity index (χ0) is 20.9. The maximum atomic E-state index is 12.9. The maximum Gasteiger partial charge on any atom is 0.359 e. The third kappa shape index (κ3) is 4.26. The Morgan fingerprint density at radius 1 is 0.900 bits per heavy atom. The molecule has 0 fully saturated rings. The van der Waals surface area contributed by atoms with Crippen LogP contribution < -0.4 is 10.3 Å². The van der Waals surface area contributed by atoms with E-state index in [4.69, 9.17) is 9.47 Å². The van der Waals surface area contributed by atoms with Gasteiger partial charge in [-0.1, -0.05) is 58.4 Å². The molecule has 0 aliphatic rings. The molecule has 0 saturated heterocycles. The maximum absolute atomic E-state index is 12.9. The molecule has 4 rings (SSSR count). The van der Waals surface area contributed by atoms with Gasteiger partial charge in [-0.3, -0.25) is 4.79 Å². The summed E-state index contributed by atoms with van der Waals surface area (Å²) < 4.78 is 13.1. The molecule has 6 nitrogen and oxygen atoms in total. The second-order valence-corrected chi connectivity index (χ2v) is 7.30. The van der Waals surface area contributed by atoms with Crippen molar-refractivity contribution in [1.29, 1.82) is 0 Å². The van der Waals surface area contributed by atoms with Crippen LogP contribution in [0.5, 0.6) is 5.75 Å². The normalized spacial score (nSPS) is 10.7. The fourth-order valence-electron chi connectivity index (χ4n) is 3.00. The molecule has 0 aliphatic carbocycles. The lowest BCUT2D eigenvalue weighted by atomic mass is 10.1. The lowest BCUT2D eigenvalue weighted by Gasteiger charge is -2.11. The van der Waals surface area contributed by atoms with Crippen LogP contribution in [0.3, 0.4) is 0 Å². The summed E-state index contributed by atoms with van der Waals surface area (Å²) >= 11 is 3.38. The van der Waals surface area contributed by atoms with Crippen molar-refractivity contribution in [3.8, 4) is 11.4 Å². The summed E-state index contributed by atoms with van der Waals surface area (Å²) in [5.74, 6) is 0.0512. The Bertz CT molecular complexity index is 1260. The predicted octanol–water partition coefficient (Wildman–Crippen LogP) is 4.38. The van der Waals surface area contributed by atoms with Gasteiger partial charge in [-0.2, -0.15) is 9.78 Å². The lowest BCUT2D eigenvalue weighted by molar-refractivity contribution is 0.0444. The first-order chi connectivity index (χ1) is 14.6. The van der Waals surface area contributed by atoms with Crippen LogP contribution in [-0.4, -0.2) is 29.0 Å². The highest BCUT2D eigenvalue weighted by molar-refractivity contribution is 9.10. The number of esters is 1. The Morgan fingerprint density at radius 3 is 2.40 bits per heavy atom. The van der Waals surface area contributed by atoms with E-state index in [0.717, 1.165) is 4.47 Å². The third-order valence-corrected chi connectivity index (χ3v) is 4.87. The van der Waals surface area contributed by atoms with Crippen molar-refractivity contribution in [3.05, 3.63) is 99.4 Å². The number of nitrogens with zero attached hydrogens (tertiary/aromatic N) is 2. The molecule has 0 atom stereocenters. The van der Waals surface area contributed by atoms with E-state index in [2.05, 4.69) is 21.0 Å². The molecule has 0 unspecified atom stereocenters. The fourth-order valence-corrected chi connectivity index (χ4v) is 3.38. The molecule has 1 heterocycles. The molecule has 0 saturated carbocycles. The monoisotopic (exact) mass is 464 g/mol. The van der Waals surface area contributed by atoms with Gasteiger partial charge >= 0.3 is 5.97 Å². The first kappa shape index (κ1) is 19.8. The Kier molecular flexibility index (Phi) is 5.90. The number of hydrogen-bond acceptors (Lipinski definition) is 5. The van der Waals surface area contributed by atoms with Crippen LogP contribution >= 0.6 is 15.9 Å². The van der Waals surface area contributed by atoms with Crippen molar-refractivity contribution in [3.63, 3.8) is 0 Å². The van der Waals surface area contributed by atoms with Crippen molar-refractivity contribution in [1.82, 2.24) is 9.78 Å². The number of ether oxygens (including phenoxy) is 2. The standard InChI is InChI=1S/C23H17BrN2O4/c24-16-7-6-10-18(15-16)29-13-14-30-23(28)21-19-11-4-5-12-20(19)22(27)26(25-21)17-8-2-1-3-9-17/h1-12,15H,13-14H2. The summed E-state index contributed by atoms with van der Waals surface area (Å²) in [6, 6.07) is 23.2. The Balaban J connectivity index is 1.57. The topological polar surface area (TPSA) is 70.4 Å². The molecule has 150 valence electrons. The molecule has 0 amide bonds. The second kappa shape index (κ2) is 8.92. The molecule has 0 bridgehead atoms. The van der Waals surface area contributed by atoms with Gasteiger partial charge in [-0.25, -0.2) is 4.79 Å². The molecule has 1 aromatic heterocycles. The van der Waals surface area contributed by atoms with Gasteiger partial charge in [0.15, 0.2) is 5.69 Å². The first-order valence-corrected chi connectivity index (χ1v) is 10.1. The number of hydrogen-bond donors (Lipinski definition) is 0. The van der Waals surface area contributed by atoms with Gasteiger partial charge in [0.1, 0.15) is 19.0 Å². The van der Waals surface area contributed by atoms with E-state index in [-0.39, 0.29) is 24.5 Å². The Hall–Kier alpha value is -3.45. The summed E-state index contributed by atoms with van der Waals surface area (Å²) in [5, 5.41) is 5.15. The number of aromatic nitrogens is 2. The van der Waals surface area contributed by atoms with Crippen molar-refractivity contribution in [2.75, 3.05) is 13.2 Å². The number of halogens is 1. The smallest absolute Gasteiger partial charge is 0.359 e. The van der Waals surface area contributed by atoms with Crippen LogP contribution in [-0.2, 0) is 4.74 Å². The Labute approximate surface area is 180 Å². The van der Waals surface area contributed by atoms with E-state index in [9.17, 15) is 9.59 Å². The van der Waals surface area contributed by atoms with Crippen molar-refractivity contribution < 1.29 is 14.3 Å². The molecule has 0 N–H and O–H groups in total. The third-order valence-electron chi connectivity index (χ3n) is 4.38. The molecule has 0 aliphatic heterocycles. The van der Waals surface area contributed by atoms with Crippen molar-refractivity contribution >= 4 is 32.7 Å². The minimum Gasteiger partial charge on any atom is -0.490 e. The van der Waals surface area contributed by atoms with Gasteiger partial charge in [0, 0.05) is 9.86 Å². The highest BCUT2D eigenvalue weighted by Gasteiger charge is 2.18. The van der Waals surface area contributed by atoms with Crippen LogP contribution in [0.25, 0.3) is 16.5 Å². The van der Waals surface area contributed by atoms with E-state index in [1.807, 2.05) is 30.3 Å². The molecule has 30 heavy (non-hydrogen) atoms. The highest BCUT2D eigenvalue weighted by Crippen LogP contribution is 2.18. The first-order valence-electron chi connectivity index (χ1n) is 9.26. The van der Waals surface area contributed by atoms with Crippen molar-refractivity contribution in [2.45, 2.75) is 0 Å². The number of fused-ring (bicyclic) bond motifs is 1. The number of rotatable bonds is 6. The molecular formula is C23H17BrN2O4. The zero-order valence-corrected chi connectivity index (χ0v) is 17.4. The minimum atomic E-state index is -0.617. The summed E-state index contributed by atoms with van der Waals surface area (Å²) in [6.45, 7) is 0.240. The molecule has 0 radical (unpaired) electrons. The molecular weight excluding hydrogens is 448 g/mol. The highest BCUT2D eigenvalue weighted by atomic mass is 79.9. The molecule has 4 aromatic rings. The summed E-state index contributed by atoms with van der Waals surface area (Å²) in [4.78, 5) is 25.6. The van der Waals surface area contributed by atoms with Crippen LogP contribution in [0.1, 0.15) is 10.5 Å². The van der Waals surface area contributed by atoms with Crippen LogP contribution in [0.15, 0.2) is 88.1 Å². The Morgan fingerprint density at radius 2 is 1.63 bits per heavy atom. The second-order valence-electron chi connectivity index (χ2n) is 6.39. The number of para-hydroxylation sites is 1. The van der Waals surface area contributed by atoms with Gasteiger partial charge in [-0.15, -0.1) is 0 Å². The van der Waals surface area contributed by atoms with Crippen molar-refractivity contribution in [2.24, 2.45) is 0 Å². The van der Waals surface area contributed by atoms with Crippen LogP contribution in [0.4, 0.5) is 0 Å². The predicted molar refractivity (Wildman–Crippen MR) is 117 cm³/mol. The largest absolute Gasteiger partial charge is 0.490 e. The summed E-state index contributed by atoms with van der Waals surface area (Å²) in [5.41, 5.74) is 0.350. The van der Waals surface area contributed by atoms with E-state index >= 15 is 0 Å². The van der Waals surface area contributed by atoms with E-state index in [1.165, 1.54) is 4.68 Å². The number of carbonyl (C=O) groups is 1. The summed E-state index contributed by atoms with van der Waals surface area (Å²) in [7, 11) is 0. The fraction of sp³-hybridized carbons (Fsp3) is 0.0870. The number of carbonyl (C=O) groups excluding carboxylic acids is 1. The molecule has 0 spiro atoms. The molecule has 3 aromatic carbocycles. The van der Waals surface area contributed by atoms with Crippen LogP contribution in [0, 0.1) is 0 Å². The number of benzene rings is 3. The average molecular weight is 465 g/mol. The van der Waals surface area contributed by atoms with Gasteiger partial charge in [0.25, 0.3) is 5.56 Å². The quantitative estimate of drug-likeness (QED) is 0.312. The lowest BCUT2D eigenvalue weighted by Crippen LogP contribution is -2.25. The minimum absolute atomic E-state index is 0.0474. The zero-order valence-electron chi connectivity index (χ0n) is 15.8. The van der Waals surface area contributed by atoms with E-state index < -0.39 is 5.97 Å². The van der Waals surface area contributed by atoms with Gasteiger partial charge in [-0.05, 0) is 36.4 Å². The van der Waals surface area contributed by atoms with Gasteiger partial charge in [0.2, 0.25) is 0 Å². The molecule has 7 heteroatoms. The average Bonchev–Trinajstić information content (AvgIpc) is 2.78. The van der Waals surface area contributed by atoms with Gasteiger partial charge < -0.3 is 9.47 Å². The van der Waals surface area contributed by atoms with Crippen LogP contribution in [0.2, 0.25) is 0 Å². The summed E-state index contributed by atoms with van der Waals surface area (Å²) in [6.07, 6.45) is 0.